The molecule has 10 nitrogen and oxygen atoms in total. The number of nitrogens with zero attached hydrogens (tertiary/aromatic N) is 1. The van der Waals surface area contributed by atoms with E-state index in [9.17, 15) is 39.9 Å². The Morgan fingerprint density at radius 1 is 1.08 bits per heavy atom. The number of ketones is 2. The van der Waals surface area contributed by atoms with Crippen LogP contribution in [0.25, 0.3) is 11.1 Å². The van der Waals surface area contributed by atoms with Crippen molar-refractivity contribution in [1.82, 2.24) is 4.90 Å². The Morgan fingerprint density at radius 3 is 2.41 bits per heavy atom. The van der Waals surface area contributed by atoms with Crippen molar-refractivity contribution in [2.45, 2.75) is 24.5 Å². The average molecular weight is 507 g/mol. The Labute approximate surface area is 211 Å². The number of aliphatic hydroxyl groups is 3. The summed E-state index contributed by atoms with van der Waals surface area (Å²) in [4.78, 5) is 40.6. The Balaban J connectivity index is 1.73. The highest BCUT2D eigenvalue weighted by molar-refractivity contribution is 6.24. The van der Waals surface area contributed by atoms with Crippen molar-refractivity contribution in [1.29, 1.82) is 0 Å². The zero-order valence-corrected chi connectivity index (χ0v) is 20.1. The number of allylic oxidation sites excluding steroid dienone is 1. The lowest BCUT2D eigenvalue weighted by Gasteiger charge is -2.50. The Kier molecular flexibility index (Phi) is 5.43. The van der Waals surface area contributed by atoms with Crippen molar-refractivity contribution in [3.05, 3.63) is 70.2 Å². The van der Waals surface area contributed by atoms with E-state index in [0.717, 1.165) is 0 Å². The number of fused-ring (bicyclic) bond motifs is 3. The van der Waals surface area contributed by atoms with Gasteiger partial charge in [-0.15, -0.1) is 0 Å². The first kappa shape index (κ1) is 24.5. The number of hydrogen-bond donors (Lipinski definition) is 6. The van der Waals surface area contributed by atoms with Gasteiger partial charge < -0.3 is 31.3 Å². The number of likely N-dealkylation sites (N-methyl/N-ethyl adjacent to an activating group) is 1. The molecular weight excluding hydrogens is 480 g/mol. The van der Waals surface area contributed by atoms with Crippen molar-refractivity contribution < 1.29 is 39.9 Å². The van der Waals surface area contributed by atoms with Gasteiger partial charge in [0, 0.05) is 11.5 Å². The Hall–Kier alpha value is -4.15. The highest BCUT2D eigenvalue weighted by Gasteiger charge is 2.63. The number of phenolic OH excluding ortho intramolecular Hbond substituents is 2. The summed E-state index contributed by atoms with van der Waals surface area (Å²) in [5, 5.41) is 54.4. The van der Waals surface area contributed by atoms with E-state index < -0.39 is 58.0 Å². The molecule has 0 aromatic heterocycles. The molecule has 3 aliphatic rings. The van der Waals surface area contributed by atoms with Gasteiger partial charge in [0.25, 0.3) is 5.91 Å². The third kappa shape index (κ3) is 3.29. The predicted molar refractivity (Wildman–Crippen MR) is 131 cm³/mol. The molecule has 4 atom stereocenters. The summed E-state index contributed by atoms with van der Waals surface area (Å²) in [5.41, 5.74) is 3.21. The molecule has 1 amide bonds. The number of amides is 1. The average Bonchev–Trinajstić information content (AvgIpc) is 2.81. The molecule has 0 spiro atoms. The normalized spacial score (nSPS) is 27.2. The molecule has 0 saturated carbocycles. The van der Waals surface area contributed by atoms with Crippen LogP contribution in [0.4, 0.5) is 0 Å². The van der Waals surface area contributed by atoms with Crippen LogP contribution < -0.4 is 5.73 Å². The minimum atomic E-state index is -2.68. The van der Waals surface area contributed by atoms with E-state index in [1.165, 1.54) is 23.1 Å². The zero-order valence-electron chi connectivity index (χ0n) is 20.1. The van der Waals surface area contributed by atoms with Crippen LogP contribution in [-0.2, 0) is 16.0 Å². The van der Waals surface area contributed by atoms with E-state index in [4.69, 9.17) is 5.73 Å². The van der Waals surface area contributed by atoms with Gasteiger partial charge in [0.2, 0.25) is 5.78 Å². The van der Waals surface area contributed by atoms with Gasteiger partial charge in [0.15, 0.2) is 11.4 Å². The number of carbonyl (C=O) groups excluding carboxylic acids is 3. The number of benzene rings is 2. The van der Waals surface area contributed by atoms with Crippen LogP contribution in [0, 0.1) is 11.8 Å². The number of hydrogen-bond acceptors (Lipinski definition) is 9. The summed E-state index contributed by atoms with van der Waals surface area (Å²) in [7, 11) is 3.15. The number of aliphatic hydroxyl groups excluding tert-OH is 2. The van der Waals surface area contributed by atoms with Crippen molar-refractivity contribution in [2.75, 3.05) is 14.1 Å². The Bertz CT molecular complexity index is 1460. The van der Waals surface area contributed by atoms with E-state index in [-0.39, 0.29) is 35.5 Å². The third-order valence-corrected chi connectivity index (χ3v) is 7.76. The number of phenols is 2. The predicted octanol–water partition coefficient (Wildman–Crippen LogP) is 1.49. The fourth-order valence-electron chi connectivity index (χ4n) is 6.19. The number of carbonyl (C=O) groups is 3. The SMILES string of the molecule is CN(C)[C@@H]1C(O)=C(C(N)=O)C(=O)[C@@]2(O)C(O)=C3C(=O)c4c(O)ccc(-c5cccc(O)c5)c4C[C@H]3C[C@@H]12. The molecule has 10 heteroatoms. The quantitative estimate of drug-likeness (QED) is 0.336. The minimum absolute atomic E-state index is 0.000891. The van der Waals surface area contributed by atoms with Gasteiger partial charge in [0.1, 0.15) is 28.6 Å². The van der Waals surface area contributed by atoms with E-state index in [2.05, 4.69) is 0 Å². The highest BCUT2D eigenvalue weighted by Crippen LogP contribution is 2.53. The number of aromatic hydroxyl groups is 2. The first-order chi connectivity index (χ1) is 17.4. The molecular formula is C27H26N2O8. The molecule has 0 fully saturated rings. The van der Waals surface area contributed by atoms with Crippen LogP contribution in [0.2, 0.25) is 0 Å². The largest absolute Gasteiger partial charge is 0.510 e. The lowest BCUT2D eigenvalue weighted by molar-refractivity contribution is -0.148. The van der Waals surface area contributed by atoms with E-state index in [0.29, 0.717) is 16.7 Å². The fraction of sp³-hybridized carbons (Fsp3) is 0.296. The highest BCUT2D eigenvalue weighted by atomic mass is 16.3. The maximum absolute atomic E-state index is 13.7. The second-order valence-corrected chi connectivity index (χ2v) is 10.00. The summed E-state index contributed by atoms with van der Waals surface area (Å²) >= 11 is 0. The van der Waals surface area contributed by atoms with Gasteiger partial charge in [-0.05, 0) is 67.7 Å². The monoisotopic (exact) mass is 506 g/mol. The third-order valence-electron chi connectivity index (χ3n) is 7.76. The summed E-state index contributed by atoms with van der Waals surface area (Å²) in [6.45, 7) is 0. The van der Waals surface area contributed by atoms with E-state index in [1.54, 1.807) is 32.3 Å². The molecule has 0 saturated heterocycles. The molecule has 5 rings (SSSR count). The summed E-state index contributed by atoms with van der Waals surface area (Å²) < 4.78 is 0. The molecule has 192 valence electrons. The molecule has 2 aromatic carbocycles. The van der Waals surface area contributed by atoms with Gasteiger partial charge in [-0.1, -0.05) is 18.2 Å². The van der Waals surface area contributed by atoms with E-state index in [1.807, 2.05) is 0 Å². The minimum Gasteiger partial charge on any atom is -0.510 e. The molecule has 0 radical (unpaired) electrons. The van der Waals surface area contributed by atoms with Gasteiger partial charge in [-0.2, -0.15) is 0 Å². The van der Waals surface area contributed by atoms with Gasteiger partial charge in [-0.3, -0.25) is 19.3 Å². The number of rotatable bonds is 3. The molecule has 7 N–H and O–H groups in total. The number of nitrogens with two attached hydrogens (primary N) is 1. The van der Waals surface area contributed by atoms with Crippen LogP contribution in [0.1, 0.15) is 22.3 Å². The van der Waals surface area contributed by atoms with E-state index >= 15 is 0 Å². The number of Topliss-reactive ketones (excluding diaryl/α,β-unsaturated/α-hetero) is 2. The lowest BCUT2D eigenvalue weighted by Crippen LogP contribution is -2.63. The topological polar surface area (TPSA) is 182 Å². The summed E-state index contributed by atoms with van der Waals surface area (Å²) in [5.74, 6) is -6.93. The van der Waals surface area contributed by atoms with Crippen molar-refractivity contribution in [2.24, 2.45) is 17.6 Å². The molecule has 0 heterocycles. The maximum atomic E-state index is 13.7. The molecule has 3 aliphatic carbocycles. The first-order valence-corrected chi connectivity index (χ1v) is 11.7. The molecule has 0 aliphatic heterocycles. The standard InChI is InChI=1S/C27H26N2O8/c1-29(2)21-16-10-12-9-15-14(11-4-3-5-13(30)8-11)6-7-17(31)19(15)22(32)18(12)24(34)27(16,37)25(35)20(23(21)33)26(28)36/h3-8,12,16,21,30-31,33-34,37H,9-10H2,1-2H3,(H2,28,36)/t12-,16-,21-,27-/m0/s1. The second-order valence-electron chi connectivity index (χ2n) is 10.00. The van der Waals surface area contributed by atoms with Crippen LogP contribution in [0.15, 0.2) is 59.1 Å². The summed E-state index contributed by atoms with van der Waals surface area (Å²) in [6, 6.07) is 8.32. The molecule has 0 unspecified atom stereocenters. The van der Waals surface area contributed by atoms with Crippen molar-refractivity contribution in [3.8, 4) is 22.6 Å². The van der Waals surface area contributed by atoms with Gasteiger partial charge in [0.05, 0.1) is 11.6 Å². The molecule has 0 bridgehead atoms. The summed E-state index contributed by atoms with van der Waals surface area (Å²) in [6.07, 6.45) is 0.162. The van der Waals surface area contributed by atoms with Crippen LogP contribution in [0.3, 0.4) is 0 Å². The lowest BCUT2D eigenvalue weighted by atomic mass is 9.58. The smallest absolute Gasteiger partial charge is 0.255 e. The van der Waals surface area contributed by atoms with Crippen molar-refractivity contribution in [3.63, 3.8) is 0 Å². The second kappa shape index (κ2) is 8.19. The first-order valence-electron chi connectivity index (χ1n) is 11.7. The Morgan fingerprint density at radius 2 is 1.78 bits per heavy atom. The van der Waals surface area contributed by atoms with Crippen LogP contribution >= 0.6 is 0 Å². The van der Waals surface area contributed by atoms with Gasteiger partial charge in [-0.25, -0.2) is 0 Å². The molecule has 37 heavy (non-hydrogen) atoms. The van der Waals surface area contributed by atoms with Crippen molar-refractivity contribution >= 4 is 17.5 Å². The number of primary amides is 1. The fourth-order valence-corrected chi connectivity index (χ4v) is 6.19. The van der Waals surface area contributed by atoms with Gasteiger partial charge >= 0.3 is 0 Å². The zero-order chi connectivity index (χ0) is 27.0. The molecule has 2 aromatic rings. The van der Waals surface area contributed by atoms with Crippen LogP contribution in [0.5, 0.6) is 11.5 Å². The van der Waals surface area contributed by atoms with Crippen LogP contribution in [-0.4, -0.2) is 73.6 Å². The maximum Gasteiger partial charge on any atom is 0.255 e.